The van der Waals surface area contributed by atoms with Gasteiger partial charge in [-0.15, -0.1) is 0 Å². The molecule has 15 rings (SSSR count). The summed E-state index contributed by atoms with van der Waals surface area (Å²) in [5.41, 5.74) is 20.6. The number of hydrogen-bond donors (Lipinski definition) is 0. The Morgan fingerprint density at radius 2 is 0.688 bits per heavy atom. The first-order chi connectivity index (χ1) is 45.3. The highest BCUT2D eigenvalue weighted by Crippen LogP contribution is 2.53. The molecule has 0 fully saturated rings. The van der Waals surface area contributed by atoms with Crippen LogP contribution in [0.5, 0.6) is 0 Å². The minimum atomic E-state index is -0.105. The van der Waals surface area contributed by atoms with E-state index in [-0.39, 0.29) is 10.8 Å². The topological polar surface area (TPSA) is 31.0 Å². The number of anilines is 12. The molecule has 0 saturated heterocycles. The molecule has 0 radical (unpaired) electrons. The van der Waals surface area contributed by atoms with Gasteiger partial charge >= 0.3 is 0 Å². The van der Waals surface area contributed by atoms with Gasteiger partial charge in [0.05, 0.1) is 33.1 Å². The summed E-state index contributed by atoms with van der Waals surface area (Å²) in [5, 5.41) is 5.00. The van der Waals surface area contributed by atoms with Gasteiger partial charge in [0.2, 0.25) is 0 Å². The molecule has 0 saturated carbocycles. The minimum absolute atomic E-state index is 0.0896. The van der Waals surface area contributed by atoms with Gasteiger partial charge in [-0.2, -0.15) is 0 Å². The Labute approximate surface area is 549 Å². The van der Waals surface area contributed by atoms with Crippen molar-refractivity contribution in [2.45, 2.75) is 52.4 Å². The molecule has 0 N–H and O–H groups in total. The molecule has 0 unspecified atom stereocenters. The van der Waals surface area contributed by atoms with E-state index in [1.807, 2.05) is 12.1 Å². The van der Waals surface area contributed by atoms with E-state index in [0.29, 0.717) is 5.02 Å². The summed E-state index contributed by atoms with van der Waals surface area (Å²) >= 11 is 8.62. The van der Waals surface area contributed by atoms with Crippen molar-refractivity contribution < 1.29 is 4.42 Å². The van der Waals surface area contributed by atoms with Crippen LogP contribution in [0.1, 0.15) is 52.7 Å². The lowest BCUT2D eigenvalue weighted by molar-refractivity contribution is 0.590. The van der Waals surface area contributed by atoms with Crippen LogP contribution in [-0.4, -0.2) is 4.57 Å². The van der Waals surface area contributed by atoms with Gasteiger partial charge in [0.15, 0.2) is 0 Å². The molecule has 0 spiro atoms. The number of benzene rings is 13. The van der Waals surface area contributed by atoms with Crippen LogP contribution in [0.2, 0.25) is 5.02 Å². The van der Waals surface area contributed by atoms with Crippen LogP contribution in [0, 0.1) is 0 Å². The van der Waals surface area contributed by atoms with Gasteiger partial charge in [0.25, 0.3) is 0 Å². The Bertz CT molecular complexity index is 5140. The smallest absolute Gasteiger partial charge is 0.135 e. The fraction of sp³-hybridized carbons (Fsp3) is 0.0930. The number of para-hydroxylation sites is 5. The Kier molecular flexibility index (Phi) is 15.0. The maximum Gasteiger partial charge on any atom is 0.135 e. The molecule has 0 aliphatic heterocycles. The number of aromatic nitrogens is 1. The van der Waals surface area contributed by atoms with Crippen molar-refractivity contribution in [3.05, 3.63) is 332 Å². The van der Waals surface area contributed by atoms with Gasteiger partial charge in [-0.05, 0) is 179 Å². The molecule has 452 valence electrons. The molecule has 13 aromatic carbocycles. The van der Waals surface area contributed by atoms with E-state index in [2.05, 4.69) is 369 Å². The standard InChI is InChI=1S/C86H70ClN5O/c1-85(2,3)61-41-45-66(46-42-61)90(70-36-24-35-69(54-70)89(68-34-23-27-60(53-68)59-25-11-7-12-26-59)71-50-52-83-77(55-71)76-38-20-22-40-82(76)93-83)80-57-73(88(63-28-13-8-14-29-63)64-30-15-9-16-31-64)58-81(84(80)87)91(67-47-43-62(44-48-67)86(4,5)6)72-49-51-75-74-37-19-21-39-78(74)92(79(75)56-72)65-32-17-10-18-33-65/h7-58H,1-6H3. The second-order valence-electron chi connectivity index (χ2n) is 26.0. The van der Waals surface area contributed by atoms with E-state index in [1.165, 1.54) is 16.5 Å². The quantitative estimate of drug-likeness (QED) is 0.108. The van der Waals surface area contributed by atoms with Crippen LogP contribution in [0.4, 0.5) is 68.2 Å². The summed E-state index contributed by atoms with van der Waals surface area (Å²) in [7, 11) is 0. The third-order valence-corrected chi connectivity index (χ3v) is 18.3. The Hall–Kier alpha value is -11.1. The van der Waals surface area contributed by atoms with Crippen LogP contribution in [0.3, 0.4) is 0 Å². The lowest BCUT2D eigenvalue weighted by atomic mass is 9.87. The number of hydrogen-bond acceptors (Lipinski definition) is 5. The SMILES string of the molecule is CC(C)(C)c1ccc(N(c2cccc(N(c3cccc(-c4ccccc4)c3)c3ccc4oc5ccccc5c4c3)c2)c2cc(N(c3ccccc3)c3ccccc3)cc(N(c3ccc(C(C)(C)C)cc3)c3ccc4c5ccccc5n(-c5ccccc5)c4c3)c2Cl)cc1. The van der Waals surface area contributed by atoms with E-state index in [0.717, 1.165) is 123 Å². The summed E-state index contributed by atoms with van der Waals surface area (Å²) in [6.07, 6.45) is 0. The number of fused-ring (bicyclic) bond motifs is 6. The zero-order valence-corrected chi connectivity index (χ0v) is 53.8. The maximum absolute atomic E-state index is 8.62. The minimum Gasteiger partial charge on any atom is -0.456 e. The van der Waals surface area contributed by atoms with Gasteiger partial charge in [-0.1, -0.05) is 223 Å². The molecule has 6 nitrogen and oxygen atoms in total. The van der Waals surface area contributed by atoms with Crippen LogP contribution >= 0.6 is 11.6 Å². The maximum atomic E-state index is 8.62. The normalized spacial score (nSPS) is 11.8. The lowest BCUT2D eigenvalue weighted by Gasteiger charge is -2.35. The highest BCUT2D eigenvalue weighted by Gasteiger charge is 2.29. The predicted molar refractivity (Wildman–Crippen MR) is 395 cm³/mol. The Morgan fingerprint density at radius 1 is 0.280 bits per heavy atom. The zero-order valence-electron chi connectivity index (χ0n) is 53.0. The molecule has 0 bridgehead atoms. The lowest BCUT2D eigenvalue weighted by Crippen LogP contribution is -2.18. The van der Waals surface area contributed by atoms with E-state index in [4.69, 9.17) is 16.0 Å². The van der Waals surface area contributed by atoms with Gasteiger partial charge in [-0.3, -0.25) is 0 Å². The average molecular weight is 1220 g/mol. The number of furan rings is 1. The molecular weight excluding hydrogens is 1150 g/mol. The van der Waals surface area contributed by atoms with Crippen LogP contribution < -0.4 is 19.6 Å². The summed E-state index contributed by atoms with van der Waals surface area (Å²) < 4.78 is 8.84. The first-order valence-corrected chi connectivity index (χ1v) is 32.3. The summed E-state index contributed by atoms with van der Waals surface area (Å²) in [4.78, 5) is 9.41. The van der Waals surface area contributed by atoms with Crippen molar-refractivity contribution in [2.75, 3.05) is 19.6 Å². The van der Waals surface area contributed by atoms with Crippen LogP contribution in [0.25, 0.3) is 60.6 Å². The van der Waals surface area contributed by atoms with E-state index in [9.17, 15) is 0 Å². The highest BCUT2D eigenvalue weighted by atomic mass is 35.5. The molecule has 0 aliphatic carbocycles. The van der Waals surface area contributed by atoms with Crippen molar-refractivity contribution in [1.29, 1.82) is 0 Å². The van der Waals surface area contributed by atoms with Crippen LogP contribution in [-0.2, 0) is 10.8 Å². The Morgan fingerprint density at radius 3 is 1.29 bits per heavy atom. The number of halogens is 1. The molecule has 15 aromatic rings. The van der Waals surface area contributed by atoms with E-state index in [1.54, 1.807) is 0 Å². The van der Waals surface area contributed by atoms with Crippen LogP contribution in [0.15, 0.2) is 320 Å². The van der Waals surface area contributed by atoms with Gasteiger partial charge in [0, 0.05) is 78.4 Å². The second kappa shape index (κ2) is 24.0. The summed E-state index contributed by atoms with van der Waals surface area (Å²) in [6.45, 7) is 13.6. The molecule has 0 amide bonds. The molecule has 93 heavy (non-hydrogen) atoms. The van der Waals surface area contributed by atoms with Gasteiger partial charge in [0.1, 0.15) is 11.2 Å². The Balaban J connectivity index is 1.01. The molecule has 7 heteroatoms. The third kappa shape index (κ3) is 11.1. The molecular formula is C86H70ClN5O. The first kappa shape index (κ1) is 58.3. The third-order valence-electron chi connectivity index (χ3n) is 17.9. The molecule has 0 aliphatic rings. The van der Waals surface area contributed by atoms with Crippen molar-refractivity contribution in [3.8, 4) is 16.8 Å². The fourth-order valence-electron chi connectivity index (χ4n) is 13.2. The van der Waals surface area contributed by atoms with Crippen molar-refractivity contribution in [3.63, 3.8) is 0 Å². The molecule has 2 heterocycles. The second-order valence-corrected chi connectivity index (χ2v) is 26.4. The molecule has 0 atom stereocenters. The fourth-order valence-corrected chi connectivity index (χ4v) is 13.5. The van der Waals surface area contributed by atoms with Crippen molar-refractivity contribution >= 4 is 124 Å². The zero-order chi connectivity index (χ0) is 63.4. The van der Waals surface area contributed by atoms with Gasteiger partial charge in [-0.25, -0.2) is 0 Å². The largest absolute Gasteiger partial charge is 0.456 e. The monoisotopic (exact) mass is 1220 g/mol. The predicted octanol–water partition coefficient (Wildman–Crippen LogP) is 25.5. The highest BCUT2D eigenvalue weighted by molar-refractivity contribution is 6.37. The summed E-state index contributed by atoms with van der Waals surface area (Å²) in [6, 6.07) is 113. The van der Waals surface area contributed by atoms with E-state index >= 15 is 0 Å². The number of nitrogens with zero attached hydrogens (tertiary/aromatic N) is 5. The van der Waals surface area contributed by atoms with Crippen molar-refractivity contribution in [1.82, 2.24) is 4.57 Å². The average Bonchev–Trinajstić information content (AvgIpc) is 1.73. The first-order valence-electron chi connectivity index (χ1n) is 31.9. The summed E-state index contributed by atoms with van der Waals surface area (Å²) in [5.74, 6) is 0. The van der Waals surface area contributed by atoms with Gasteiger partial charge < -0.3 is 28.6 Å². The van der Waals surface area contributed by atoms with E-state index < -0.39 is 0 Å². The number of rotatable bonds is 14. The molecule has 2 aromatic heterocycles. The van der Waals surface area contributed by atoms with Crippen molar-refractivity contribution in [2.24, 2.45) is 0 Å².